The minimum atomic E-state index is -0.0312. The Balaban J connectivity index is 2.45. The molecule has 0 aliphatic carbocycles. The topological polar surface area (TPSA) is 28.5 Å². The van der Waals surface area contributed by atoms with Crippen LogP contribution < -0.4 is 0 Å². The predicted octanol–water partition coefficient (Wildman–Crippen LogP) is 4.26. The lowest BCUT2D eigenvalue weighted by molar-refractivity contribution is 0.0860. The molecule has 0 bridgehead atoms. The third-order valence-corrected chi connectivity index (χ3v) is 4.50. The summed E-state index contributed by atoms with van der Waals surface area (Å²) in [5.41, 5.74) is 2.12. The Bertz CT molecular complexity index is 681. The van der Waals surface area contributed by atoms with Crippen molar-refractivity contribution in [1.82, 2.24) is 13.2 Å². The van der Waals surface area contributed by atoms with E-state index < -0.39 is 0 Å². The molecule has 2 aromatic rings. The first kappa shape index (κ1) is 17.5. The van der Waals surface area contributed by atoms with Crippen LogP contribution in [0.3, 0.4) is 0 Å². The number of hydrogen-bond acceptors (Lipinski definition) is 4. The van der Waals surface area contributed by atoms with Crippen LogP contribution in [0.4, 0.5) is 0 Å². The fourth-order valence-corrected chi connectivity index (χ4v) is 3.51. The summed E-state index contributed by atoms with van der Waals surface area (Å²) in [6.07, 6.45) is 1.98. The van der Waals surface area contributed by atoms with Crippen LogP contribution >= 0.6 is 28.1 Å². The molecule has 0 saturated carbocycles. The van der Waals surface area contributed by atoms with E-state index in [0.717, 1.165) is 27.5 Å². The van der Waals surface area contributed by atoms with E-state index in [0.29, 0.717) is 0 Å². The van der Waals surface area contributed by atoms with Gasteiger partial charge in [-0.25, -0.2) is 8.61 Å². The monoisotopic (exact) mass is 383 g/mol. The zero-order chi connectivity index (χ0) is 16.4. The lowest BCUT2D eigenvalue weighted by atomic mass is 10.2. The van der Waals surface area contributed by atoms with Gasteiger partial charge in [-0.2, -0.15) is 0 Å². The van der Waals surface area contributed by atoms with Gasteiger partial charge in [0.15, 0.2) is 0 Å². The highest BCUT2D eigenvalue weighted by molar-refractivity contribution is 9.10. The molecule has 1 aromatic carbocycles. The number of rotatable bonds is 5. The lowest BCUT2D eigenvalue weighted by Crippen LogP contribution is -2.17. The van der Waals surface area contributed by atoms with E-state index in [1.807, 2.05) is 46.3 Å². The second-order valence-corrected chi connectivity index (χ2v) is 8.29. The summed E-state index contributed by atoms with van der Waals surface area (Å²) < 4.78 is 6.98. The molecule has 6 heteroatoms. The molecule has 0 unspecified atom stereocenters. The number of carbonyl (C=O) groups is 1. The van der Waals surface area contributed by atoms with Crippen LogP contribution in [0.2, 0.25) is 0 Å². The van der Waals surface area contributed by atoms with Crippen molar-refractivity contribution in [2.45, 2.75) is 20.4 Å². The Morgan fingerprint density at radius 1 is 1.32 bits per heavy atom. The molecule has 0 fully saturated rings. The summed E-state index contributed by atoms with van der Waals surface area (Å²) in [4.78, 5) is 12.5. The first-order valence-corrected chi connectivity index (χ1v) is 8.72. The first-order chi connectivity index (χ1) is 10.3. The van der Waals surface area contributed by atoms with Gasteiger partial charge in [0.1, 0.15) is 0 Å². The Hall–Kier alpha value is -0.820. The highest BCUT2D eigenvalue weighted by atomic mass is 79.9. The number of nitrogens with zero attached hydrogens (tertiary/aromatic N) is 3. The van der Waals surface area contributed by atoms with E-state index in [1.54, 1.807) is 16.7 Å². The lowest BCUT2D eigenvalue weighted by Gasteiger charge is -2.18. The zero-order valence-electron chi connectivity index (χ0n) is 13.6. The summed E-state index contributed by atoms with van der Waals surface area (Å²) >= 11 is 5.15. The number of carbonyl (C=O) groups excluding carboxylic acids is 1. The number of aromatic nitrogens is 1. The van der Waals surface area contributed by atoms with Gasteiger partial charge in [0.2, 0.25) is 5.91 Å². The Labute approximate surface area is 144 Å². The van der Waals surface area contributed by atoms with Gasteiger partial charge >= 0.3 is 0 Å². The van der Waals surface area contributed by atoms with E-state index in [2.05, 4.69) is 37.7 Å². The second-order valence-electron chi connectivity index (χ2n) is 5.86. The molecule has 120 valence electrons. The predicted molar refractivity (Wildman–Crippen MR) is 97.8 cm³/mol. The molecule has 4 nitrogen and oxygen atoms in total. The van der Waals surface area contributed by atoms with Crippen molar-refractivity contribution in [3.05, 3.63) is 34.4 Å². The molecule has 1 heterocycles. The van der Waals surface area contributed by atoms with Gasteiger partial charge in [-0.1, -0.05) is 35.8 Å². The highest BCUT2D eigenvalue weighted by Gasteiger charge is 2.17. The molecular weight excluding hydrogens is 362 g/mol. The fraction of sp³-hybridized carbons (Fsp3) is 0.438. The molecule has 0 spiro atoms. The fourth-order valence-electron chi connectivity index (χ4n) is 2.40. The molecule has 2 rings (SSSR count). The second kappa shape index (κ2) is 7.17. The molecule has 0 aliphatic heterocycles. The van der Waals surface area contributed by atoms with Gasteiger partial charge in [0, 0.05) is 40.7 Å². The molecule has 0 N–H and O–H groups in total. The SMILES string of the molecule is CC(C)C(=O)n1cc(CN(C)SN(C)C)c2ccc(Br)cc21. The van der Waals surface area contributed by atoms with Crippen molar-refractivity contribution in [2.24, 2.45) is 5.92 Å². The van der Waals surface area contributed by atoms with E-state index in [9.17, 15) is 4.79 Å². The Morgan fingerprint density at radius 3 is 2.59 bits per heavy atom. The maximum absolute atomic E-state index is 12.5. The minimum absolute atomic E-state index is 0.0312. The maximum Gasteiger partial charge on any atom is 0.233 e. The van der Waals surface area contributed by atoms with Gasteiger partial charge < -0.3 is 0 Å². The number of hydrogen-bond donors (Lipinski definition) is 0. The van der Waals surface area contributed by atoms with Crippen LogP contribution in [0.1, 0.15) is 24.2 Å². The standard InChI is InChI=1S/C16H22BrN3OS/c1-11(2)16(21)20-10-12(9-19(5)22-18(3)4)14-7-6-13(17)8-15(14)20/h6-8,10-11H,9H2,1-5H3. The average molecular weight is 384 g/mol. The number of halogens is 1. The number of fused-ring (bicyclic) bond motifs is 1. The maximum atomic E-state index is 12.5. The first-order valence-electron chi connectivity index (χ1n) is 7.20. The van der Waals surface area contributed by atoms with Gasteiger partial charge in [-0.15, -0.1) is 0 Å². The molecule has 0 amide bonds. The van der Waals surface area contributed by atoms with Crippen molar-refractivity contribution in [1.29, 1.82) is 0 Å². The average Bonchev–Trinajstić information content (AvgIpc) is 2.74. The van der Waals surface area contributed by atoms with E-state index in [-0.39, 0.29) is 11.8 Å². The molecule has 0 radical (unpaired) electrons. The Morgan fingerprint density at radius 2 is 2.00 bits per heavy atom. The third-order valence-electron chi connectivity index (χ3n) is 3.28. The molecule has 1 aromatic heterocycles. The summed E-state index contributed by atoms with van der Waals surface area (Å²) in [5.74, 6) is 0.0913. The van der Waals surface area contributed by atoms with Crippen LogP contribution in [-0.2, 0) is 6.54 Å². The van der Waals surface area contributed by atoms with E-state index in [4.69, 9.17) is 0 Å². The quantitative estimate of drug-likeness (QED) is 0.721. The molecule has 22 heavy (non-hydrogen) atoms. The van der Waals surface area contributed by atoms with Crippen molar-refractivity contribution in [3.63, 3.8) is 0 Å². The minimum Gasteiger partial charge on any atom is -0.287 e. The zero-order valence-corrected chi connectivity index (χ0v) is 16.0. The summed E-state index contributed by atoms with van der Waals surface area (Å²) in [7, 11) is 6.09. The summed E-state index contributed by atoms with van der Waals surface area (Å²) in [6, 6.07) is 6.11. The van der Waals surface area contributed by atoms with Crippen molar-refractivity contribution >= 4 is 44.9 Å². The smallest absolute Gasteiger partial charge is 0.233 e. The van der Waals surface area contributed by atoms with E-state index in [1.165, 1.54) is 0 Å². The molecule has 0 atom stereocenters. The largest absolute Gasteiger partial charge is 0.287 e. The van der Waals surface area contributed by atoms with Crippen molar-refractivity contribution < 1.29 is 4.79 Å². The van der Waals surface area contributed by atoms with Crippen LogP contribution in [0.25, 0.3) is 10.9 Å². The van der Waals surface area contributed by atoms with Crippen LogP contribution in [0.15, 0.2) is 28.9 Å². The van der Waals surface area contributed by atoms with Gasteiger partial charge in [-0.05, 0) is 38.8 Å². The van der Waals surface area contributed by atoms with Crippen LogP contribution in [-0.4, -0.2) is 40.2 Å². The van der Waals surface area contributed by atoms with Crippen LogP contribution in [0.5, 0.6) is 0 Å². The van der Waals surface area contributed by atoms with Gasteiger partial charge in [-0.3, -0.25) is 9.36 Å². The van der Waals surface area contributed by atoms with Gasteiger partial charge in [0.25, 0.3) is 0 Å². The normalized spacial score (nSPS) is 12.0. The molecule has 0 saturated heterocycles. The van der Waals surface area contributed by atoms with Crippen LogP contribution in [0, 0.1) is 5.92 Å². The highest BCUT2D eigenvalue weighted by Crippen LogP contribution is 2.28. The summed E-state index contributed by atoms with van der Waals surface area (Å²) in [5, 5.41) is 1.13. The van der Waals surface area contributed by atoms with Crippen molar-refractivity contribution in [3.8, 4) is 0 Å². The number of benzene rings is 1. The Kier molecular flexibility index (Phi) is 5.71. The van der Waals surface area contributed by atoms with E-state index >= 15 is 0 Å². The summed E-state index contributed by atoms with van der Waals surface area (Å²) in [6.45, 7) is 4.64. The molecular formula is C16H22BrN3OS. The van der Waals surface area contributed by atoms with Crippen molar-refractivity contribution in [2.75, 3.05) is 21.1 Å². The third kappa shape index (κ3) is 3.93. The molecule has 0 aliphatic rings. The van der Waals surface area contributed by atoms with Gasteiger partial charge in [0.05, 0.1) is 5.52 Å².